The van der Waals surface area contributed by atoms with Gasteiger partial charge in [0, 0.05) is 36.2 Å². The minimum Gasteiger partial charge on any atom is -0.298 e. The summed E-state index contributed by atoms with van der Waals surface area (Å²) in [4.78, 5) is 11.5. The number of thiazole rings is 1. The van der Waals surface area contributed by atoms with Crippen molar-refractivity contribution in [2.75, 3.05) is 19.6 Å². The van der Waals surface area contributed by atoms with Gasteiger partial charge < -0.3 is 0 Å². The van der Waals surface area contributed by atoms with Gasteiger partial charge in [-0.3, -0.25) is 9.80 Å². The van der Waals surface area contributed by atoms with Crippen molar-refractivity contribution in [2.24, 2.45) is 5.92 Å². The van der Waals surface area contributed by atoms with Crippen LogP contribution in [0.4, 0.5) is 0 Å². The molecule has 0 N–H and O–H groups in total. The van der Waals surface area contributed by atoms with Crippen molar-refractivity contribution in [1.29, 1.82) is 0 Å². The molecule has 21 heavy (non-hydrogen) atoms. The molecular weight excluding hydrogens is 278 g/mol. The van der Waals surface area contributed by atoms with E-state index in [2.05, 4.69) is 41.8 Å². The number of piperidine rings is 1. The highest BCUT2D eigenvalue weighted by atomic mass is 32.1. The number of nitrogens with zero attached hydrogens (tertiary/aromatic N) is 3. The fourth-order valence-corrected chi connectivity index (χ4v) is 4.73. The molecule has 0 spiro atoms. The third-order valence-electron chi connectivity index (χ3n) is 5.14. The van der Waals surface area contributed by atoms with Crippen molar-refractivity contribution in [3.05, 3.63) is 16.1 Å². The summed E-state index contributed by atoms with van der Waals surface area (Å²) < 4.78 is 0. The number of rotatable bonds is 4. The minimum atomic E-state index is 0.688. The molecule has 118 valence electrons. The molecule has 3 rings (SSSR count). The number of aryl methyl sites for hydroxylation is 1. The van der Waals surface area contributed by atoms with E-state index < -0.39 is 0 Å². The molecule has 4 heteroatoms. The van der Waals surface area contributed by atoms with Crippen molar-refractivity contribution in [3.63, 3.8) is 0 Å². The van der Waals surface area contributed by atoms with Gasteiger partial charge >= 0.3 is 0 Å². The molecule has 1 aromatic rings. The zero-order valence-electron chi connectivity index (χ0n) is 13.7. The molecule has 0 saturated carbocycles. The molecule has 2 fully saturated rings. The van der Waals surface area contributed by atoms with Crippen molar-refractivity contribution < 1.29 is 0 Å². The van der Waals surface area contributed by atoms with Gasteiger partial charge in [-0.25, -0.2) is 4.98 Å². The van der Waals surface area contributed by atoms with E-state index >= 15 is 0 Å². The average Bonchev–Trinajstić information content (AvgIpc) is 2.94. The van der Waals surface area contributed by atoms with E-state index in [1.54, 1.807) is 0 Å². The van der Waals surface area contributed by atoms with Gasteiger partial charge in [-0.15, -0.1) is 11.3 Å². The third kappa shape index (κ3) is 3.49. The predicted octanol–water partition coefficient (Wildman–Crippen LogP) is 3.40. The molecule has 0 bridgehead atoms. The number of hydrogen-bond acceptors (Lipinski definition) is 4. The highest BCUT2D eigenvalue weighted by molar-refractivity contribution is 7.11. The molecule has 1 aromatic heterocycles. The van der Waals surface area contributed by atoms with Gasteiger partial charge in [-0.2, -0.15) is 0 Å². The van der Waals surface area contributed by atoms with Gasteiger partial charge in [0.05, 0.1) is 6.54 Å². The Balaban J connectivity index is 1.71. The SMILES string of the molecule is CCc1cnc(CN2CC3CCCCN3CC2C(C)C)s1. The fraction of sp³-hybridized carbons (Fsp3) is 0.824. The van der Waals surface area contributed by atoms with E-state index in [1.165, 1.54) is 48.8 Å². The van der Waals surface area contributed by atoms with Crippen LogP contribution >= 0.6 is 11.3 Å². The second-order valence-corrected chi connectivity index (χ2v) is 8.16. The van der Waals surface area contributed by atoms with Crippen LogP contribution in [0.25, 0.3) is 0 Å². The van der Waals surface area contributed by atoms with Crippen LogP contribution in [0.2, 0.25) is 0 Å². The van der Waals surface area contributed by atoms with E-state index in [9.17, 15) is 0 Å². The molecule has 2 aliphatic rings. The van der Waals surface area contributed by atoms with Gasteiger partial charge in [0.15, 0.2) is 0 Å². The Hall–Kier alpha value is -0.450. The van der Waals surface area contributed by atoms with E-state index in [0.29, 0.717) is 6.04 Å². The van der Waals surface area contributed by atoms with Crippen LogP contribution < -0.4 is 0 Å². The number of piperazine rings is 1. The van der Waals surface area contributed by atoms with Crippen molar-refractivity contribution in [3.8, 4) is 0 Å². The largest absolute Gasteiger partial charge is 0.298 e. The van der Waals surface area contributed by atoms with Gasteiger partial charge in [-0.05, 0) is 31.7 Å². The lowest BCUT2D eigenvalue weighted by Gasteiger charge is -2.49. The average molecular weight is 308 g/mol. The van der Waals surface area contributed by atoms with Gasteiger partial charge in [0.2, 0.25) is 0 Å². The molecule has 2 aliphatic heterocycles. The standard InChI is InChI=1S/C17H29N3S/c1-4-15-9-18-17(21-15)12-20-10-14-7-5-6-8-19(14)11-16(20)13(2)3/h9,13-14,16H,4-8,10-12H2,1-3H3. The summed E-state index contributed by atoms with van der Waals surface area (Å²) >= 11 is 1.90. The lowest BCUT2D eigenvalue weighted by atomic mass is 9.92. The predicted molar refractivity (Wildman–Crippen MR) is 89.7 cm³/mol. The third-order valence-corrected chi connectivity index (χ3v) is 6.27. The molecule has 0 aromatic carbocycles. The Morgan fingerprint density at radius 3 is 2.90 bits per heavy atom. The molecule has 2 unspecified atom stereocenters. The maximum Gasteiger partial charge on any atom is 0.107 e. The molecule has 3 heterocycles. The summed E-state index contributed by atoms with van der Waals surface area (Å²) in [7, 11) is 0. The van der Waals surface area contributed by atoms with Gasteiger partial charge in [-0.1, -0.05) is 27.2 Å². The summed E-state index contributed by atoms with van der Waals surface area (Å²) in [5.41, 5.74) is 0. The maximum atomic E-state index is 4.64. The first-order valence-electron chi connectivity index (χ1n) is 8.59. The summed E-state index contributed by atoms with van der Waals surface area (Å²) in [5, 5.41) is 1.31. The van der Waals surface area contributed by atoms with Crippen molar-refractivity contribution in [1.82, 2.24) is 14.8 Å². The summed E-state index contributed by atoms with van der Waals surface area (Å²) in [6.45, 7) is 11.8. The smallest absolute Gasteiger partial charge is 0.107 e. The first-order chi connectivity index (χ1) is 10.2. The normalized spacial score (nSPS) is 28.0. The summed E-state index contributed by atoms with van der Waals surface area (Å²) in [5.74, 6) is 0.721. The molecule has 2 atom stereocenters. The second kappa shape index (κ2) is 6.76. The molecular formula is C17H29N3S. The Morgan fingerprint density at radius 1 is 1.33 bits per heavy atom. The Kier molecular flexibility index (Phi) is 4.97. The van der Waals surface area contributed by atoms with Crippen LogP contribution in [0.15, 0.2) is 6.20 Å². The Labute approximate surface area is 133 Å². The number of fused-ring (bicyclic) bond motifs is 1. The molecule has 2 saturated heterocycles. The lowest BCUT2D eigenvalue weighted by molar-refractivity contribution is -0.0118. The zero-order chi connectivity index (χ0) is 14.8. The Morgan fingerprint density at radius 2 is 2.19 bits per heavy atom. The van der Waals surface area contributed by atoms with Crippen LogP contribution in [-0.2, 0) is 13.0 Å². The summed E-state index contributed by atoms with van der Waals surface area (Å²) in [6.07, 6.45) is 7.38. The van der Waals surface area contributed by atoms with E-state index in [1.807, 2.05) is 11.3 Å². The van der Waals surface area contributed by atoms with Crippen molar-refractivity contribution in [2.45, 2.75) is 65.1 Å². The Bertz CT molecular complexity index is 457. The molecule has 3 nitrogen and oxygen atoms in total. The first kappa shape index (κ1) is 15.4. The topological polar surface area (TPSA) is 19.4 Å². The van der Waals surface area contributed by atoms with E-state index in [0.717, 1.165) is 24.9 Å². The lowest BCUT2D eigenvalue weighted by Crippen LogP contribution is -2.60. The van der Waals surface area contributed by atoms with Crippen molar-refractivity contribution >= 4 is 11.3 Å². The van der Waals surface area contributed by atoms with Crippen LogP contribution in [0, 0.1) is 5.92 Å². The fourth-order valence-electron chi connectivity index (χ4n) is 3.84. The quantitative estimate of drug-likeness (QED) is 0.850. The zero-order valence-corrected chi connectivity index (χ0v) is 14.5. The maximum absolute atomic E-state index is 4.64. The highest BCUT2D eigenvalue weighted by Gasteiger charge is 2.36. The molecule has 0 radical (unpaired) electrons. The molecule has 0 amide bonds. The number of aromatic nitrogens is 1. The van der Waals surface area contributed by atoms with E-state index in [-0.39, 0.29) is 0 Å². The highest BCUT2D eigenvalue weighted by Crippen LogP contribution is 2.29. The van der Waals surface area contributed by atoms with Gasteiger partial charge in [0.25, 0.3) is 0 Å². The monoisotopic (exact) mass is 307 g/mol. The van der Waals surface area contributed by atoms with E-state index in [4.69, 9.17) is 0 Å². The first-order valence-corrected chi connectivity index (χ1v) is 9.40. The summed E-state index contributed by atoms with van der Waals surface area (Å²) in [6, 6.07) is 1.48. The van der Waals surface area contributed by atoms with Crippen LogP contribution in [-0.4, -0.2) is 46.5 Å². The van der Waals surface area contributed by atoms with Crippen LogP contribution in [0.5, 0.6) is 0 Å². The minimum absolute atomic E-state index is 0.688. The van der Waals surface area contributed by atoms with Crippen LogP contribution in [0.1, 0.15) is 49.9 Å². The molecule has 0 aliphatic carbocycles. The second-order valence-electron chi connectivity index (χ2n) is 6.96. The number of hydrogen-bond donors (Lipinski definition) is 0. The van der Waals surface area contributed by atoms with Gasteiger partial charge in [0.1, 0.15) is 5.01 Å². The van der Waals surface area contributed by atoms with Crippen LogP contribution in [0.3, 0.4) is 0 Å².